The van der Waals surface area contributed by atoms with E-state index in [9.17, 15) is 0 Å². The van der Waals surface area contributed by atoms with Crippen LogP contribution in [0.2, 0.25) is 10.0 Å². The smallest absolute Gasteiger partial charge is 0.148 e. The zero-order valence-corrected chi connectivity index (χ0v) is 15.9. The second-order valence-corrected chi connectivity index (χ2v) is 6.47. The molecule has 3 rings (SSSR count). The van der Waals surface area contributed by atoms with Gasteiger partial charge in [-0.2, -0.15) is 0 Å². The summed E-state index contributed by atoms with van der Waals surface area (Å²) in [4.78, 5) is 8.37. The Morgan fingerprint density at radius 3 is 2.50 bits per heavy atom. The number of halogens is 2. The fourth-order valence-corrected chi connectivity index (χ4v) is 2.95. The zero-order valence-electron chi connectivity index (χ0n) is 14.4. The number of aromatic nitrogens is 2. The molecular formula is C20H19Cl2N3O. The van der Waals surface area contributed by atoms with Crippen LogP contribution in [0.4, 0.5) is 5.82 Å². The van der Waals surface area contributed by atoms with Crippen molar-refractivity contribution in [3.8, 4) is 11.5 Å². The van der Waals surface area contributed by atoms with Gasteiger partial charge in [-0.05, 0) is 42.7 Å². The van der Waals surface area contributed by atoms with Crippen molar-refractivity contribution in [3.63, 3.8) is 0 Å². The van der Waals surface area contributed by atoms with Crippen LogP contribution in [0.5, 0.6) is 11.5 Å². The Bertz CT molecular complexity index is 869. The van der Waals surface area contributed by atoms with Crippen LogP contribution in [0.25, 0.3) is 0 Å². The zero-order chi connectivity index (χ0) is 18.4. The SMILES string of the molecule is CCc1ncnc(NCCc2ccc(Oc3ccccc3Cl)cc2)c1Cl. The number of benzene rings is 2. The van der Waals surface area contributed by atoms with Crippen LogP contribution in [0, 0.1) is 0 Å². The van der Waals surface area contributed by atoms with Crippen LogP contribution < -0.4 is 10.1 Å². The van der Waals surface area contributed by atoms with E-state index in [0.29, 0.717) is 21.6 Å². The molecule has 1 heterocycles. The molecule has 3 aromatic rings. The van der Waals surface area contributed by atoms with Crippen molar-refractivity contribution >= 4 is 29.0 Å². The summed E-state index contributed by atoms with van der Waals surface area (Å²) < 4.78 is 5.80. The first-order valence-corrected chi connectivity index (χ1v) is 9.17. The molecule has 0 saturated heterocycles. The van der Waals surface area contributed by atoms with Gasteiger partial charge in [0.1, 0.15) is 28.7 Å². The molecule has 6 heteroatoms. The van der Waals surface area contributed by atoms with E-state index in [1.165, 1.54) is 11.9 Å². The number of anilines is 1. The molecule has 0 aliphatic heterocycles. The topological polar surface area (TPSA) is 47.0 Å². The molecule has 1 aromatic heterocycles. The molecule has 134 valence electrons. The number of ether oxygens (including phenoxy) is 1. The summed E-state index contributed by atoms with van der Waals surface area (Å²) in [5, 5.41) is 4.45. The van der Waals surface area contributed by atoms with Crippen molar-refractivity contribution in [1.29, 1.82) is 0 Å². The first-order valence-electron chi connectivity index (χ1n) is 8.42. The minimum absolute atomic E-state index is 0.592. The second kappa shape index (κ2) is 8.88. The lowest BCUT2D eigenvalue weighted by Gasteiger charge is -2.10. The van der Waals surface area contributed by atoms with Crippen molar-refractivity contribution in [1.82, 2.24) is 9.97 Å². The van der Waals surface area contributed by atoms with Crippen LogP contribution in [0.1, 0.15) is 18.2 Å². The van der Waals surface area contributed by atoms with Crippen LogP contribution in [-0.2, 0) is 12.8 Å². The van der Waals surface area contributed by atoms with Gasteiger partial charge in [0.2, 0.25) is 0 Å². The van der Waals surface area contributed by atoms with Gasteiger partial charge in [-0.15, -0.1) is 0 Å². The van der Waals surface area contributed by atoms with Gasteiger partial charge in [0.05, 0.1) is 10.7 Å². The Morgan fingerprint density at radius 2 is 1.77 bits per heavy atom. The van der Waals surface area contributed by atoms with Gasteiger partial charge in [0.25, 0.3) is 0 Å². The van der Waals surface area contributed by atoms with E-state index in [4.69, 9.17) is 27.9 Å². The maximum atomic E-state index is 6.29. The summed E-state index contributed by atoms with van der Waals surface area (Å²) in [5.41, 5.74) is 2.04. The van der Waals surface area contributed by atoms with Crippen molar-refractivity contribution < 1.29 is 4.74 Å². The fourth-order valence-electron chi connectivity index (χ4n) is 2.48. The number of rotatable bonds is 7. The van der Waals surface area contributed by atoms with Gasteiger partial charge < -0.3 is 10.1 Å². The molecule has 0 fully saturated rings. The number of nitrogens with one attached hydrogen (secondary N) is 1. The molecule has 2 aromatic carbocycles. The predicted octanol–water partition coefficient (Wildman–Crippen LogP) is 5.79. The predicted molar refractivity (Wildman–Crippen MR) is 107 cm³/mol. The summed E-state index contributed by atoms with van der Waals surface area (Å²) in [7, 11) is 0. The first kappa shape index (κ1) is 18.5. The molecule has 0 unspecified atom stereocenters. The Labute approximate surface area is 163 Å². The molecule has 4 nitrogen and oxygen atoms in total. The van der Waals surface area contributed by atoms with Crippen molar-refractivity contribution in [3.05, 3.63) is 76.2 Å². The van der Waals surface area contributed by atoms with Crippen molar-refractivity contribution in [2.24, 2.45) is 0 Å². The summed E-state index contributed by atoms with van der Waals surface area (Å²) in [6.45, 7) is 2.74. The number of nitrogens with zero attached hydrogens (tertiary/aromatic N) is 2. The van der Waals surface area contributed by atoms with Gasteiger partial charge in [-0.3, -0.25) is 0 Å². The second-order valence-electron chi connectivity index (χ2n) is 5.69. The van der Waals surface area contributed by atoms with Crippen LogP contribution in [0.15, 0.2) is 54.9 Å². The largest absolute Gasteiger partial charge is 0.456 e. The highest BCUT2D eigenvalue weighted by Gasteiger charge is 2.07. The van der Waals surface area contributed by atoms with E-state index < -0.39 is 0 Å². The fraction of sp³-hybridized carbons (Fsp3) is 0.200. The summed E-state index contributed by atoms with van der Waals surface area (Å²) in [6.07, 6.45) is 3.16. The third-order valence-electron chi connectivity index (χ3n) is 3.89. The third-order valence-corrected chi connectivity index (χ3v) is 4.60. The monoisotopic (exact) mass is 387 g/mol. The summed E-state index contributed by atoms with van der Waals surface area (Å²) in [5.74, 6) is 2.08. The maximum absolute atomic E-state index is 6.29. The molecule has 0 atom stereocenters. The quantitative estimate of drug-likeness (QED) is 0.556. The Hall–Kier alpha value is -2.30. The van der Waals surface area contributed by atoms with E-state index in [-0.39, 0.29) is 0 Å². The van der Waals surface area contributed by atoms with Gasteiger partial charge in [0, 0.05) is 6.54 Å². The van der Waals surface area contributed by atoms with Gasteiger partial charge in [-0.25, -0.2) is 9.97 Å². The molecule has 0 aliphatic rings. The van der Waals surface area contributed by atoms with E-state index in [1.807, 2.05) is 49.4 Å². The average Bonchev–Trinajstić information content (AvgIpc) is 2.66. The minimum atomic E-state index is 0.592. The lowest BCUT2D eigenvalue weighted by atomic mass is 10.1. The van der Waals surface area contributed by atoms with E-state index in [2.05, 4.69) is 15.3 Å². The van der Waals surface area contributed by atoms with Crippen LogP contribution in [0.3, 0.4) is 0 Å². The molecule has 0 amide bonds. The Balaban J connectivity index is 1.56. The Morgan fingerprint density at radius 1 is 1.00 bits per heavy atom. The lowest BCUT2D eigenvalue weighted by Crippen LogP contribution is -2.08. The van der Waals surface area contributed by atoms with Crippen molar-refractivity contribution in [2.75, 3.05) is 11.9 Å². The number of para-hydroxylation sites is 1. The van der Waals surface area contributed by atoms with E-state index >= 15 is 0 Å². The van der Waals surface area contributed by atoms with E-state index in [1.54, 1.807) is 6.07 Å². The average molecular weight is 388 g/mol. The maximum Gasteiger partial charge on any atom is 0.148 e. The molecule has 0 bridgehead atoms. The highest BCUT2D eigenvalue weighted by Crippen LogP contribution is 2.29. The van der Waals surface area contributed by atoms with E-state index in [0.717, 1.165) is 30.8 Å². The number of hydrogen-bond acceptors (Lipinski definition) is 4. The lowest BCUT2D eigenvalue weighted by molar-refractivity contribution is 0.482. The molecule has 1 N–H and O–H groups in total. The molecule has 0 radical (unpaired) electrons. The van der Waals surface area contributed by atoms with Crippen LogP contribution in [-0.4, -0.2) is 16.5 Å². The first-order chi connectivity index (χ1) is 12.7. The third kappa shape index (κ3) is 4.65. The van der Waals surface area contributed by atoms with Crippen LogP contribution >= 0.6 is 23.2 Å². The van der Waals surface area contributed by atoms with Crippen molar-refractivity contribution in [2.45, 2.75) is 19.8 Å². The number of aryl methyl sites for hydroxylation is 1. The van der Waals surface area contributed by atoms with Gasteiger partial charge in [0.15, 0.2) is 0 Å². The summed E-state index contributed by atoms with van der Waals surface area (Å²) in [6, 6.07) is 15.4. The standard InChI is InChI=1S/C20H19Cl2N3O/c1-2-17-19(22)20(25-13-24-17)23-12-11-14-7-9-15(10-8-14)26-18-6-4-3-5-16(18)21/h3-10,13H,2,11-12H2,1H3,(H,23,24,25). The number of hydrogen-bond donors (Lipinski definition) is 1. The van der Waals surface area contributed by atoms with Gasteiger partial charge in [-0.1, -0.05) is 54.4 Å². The molecule has 0 spiro atoms. The van der Waals surface area contributed by atoms with Gasteiger partial charge >= 0.3 is 0 Å². The Kier molecular flexibility index (Phi) is 6.31. The minimum Gasteiger partial charge on any atom is -0.456 e. The highest BCUT2D eigenvalue weighted by molar-refractivity contribution is 6.33. The highest BCUT2D eigenvalue weighted by atomic mass is 35.5. The molecule has 0 saturated carbocycles. The molecule has 26 heavy (non-hydrogen) atoms. The summed E-state index contributed by atoms with van der Waals surface area (Å²) >= 11 is 12.4. The normalized spacial score (nSPS) is 10.6. The molecule has 0 aliphatic carbocycles. The molecular weight excluding hydrogens is 369 g/mol.